The number of halogens is 5. The maximum atomic E-state index is 16.1. The molecule has 0 saturated carbocycles. The summed E-state index contributed by atoms with van der Waals surface area (Å²) in [6.45, 7) is 0. The van der Waals surface area contributed by atoms with E-state index in [4.69, 9.17) is 11.6 Å². The highest BCUT2D eigenvalue weighted by atomic mass is 35.5. The van der Waals surface area contributed by atoms with E-state index in [1.165, 1.54) is 5.19 Å². The van der Waals surface area contributed by atoms with E-state index >= 15 is 4.11 Å². The lowest BCUT2D eigenvalue weighted by atomic mass is 10.3. The molecule has 0 fully saturated rings. The van der Waals surface area contributed by atoms with Crippen LogP contribution >= 0.6 is 11.6 Å². The third kappa shape index (κ3) is 7.20. The van der Waals surface area contributed by atoms with Gasteiger partial charge in [-0.05, 0) is 27.7 Å². The molecule has 7 heteroatoms. The van der Waals surface area contributed by atoms with E-state index in [0.717, 1.165) is 30.8 Å². The predicted octanol–water partition coefficient (Wildman–Crippen LogP) is 3.41. The van der Waals surface area contributed by atoms with Crippen molar-refractivity contribution in [3.05, 3.63) is 120 Å². The van der Waals surface area contributed by atoms with Crippen molar-refractivity contribution in [1.82, 2.24) is 0 Å². The van der Waals surface area contributed by atoms with E-state index in [1.54, 1.807) is 0 Å². The molecule has 4 rings (SSSR count). The van der Waals surface area contributed by atoms with Crippen LogP contribution in [-0.2, 0) is 0 Å². The van der Waals surface area contributed by atoms with Crippen LogP contribution in [-0.4, -0.2) is 18.7 Å². The smallest absolute Gasteiger partial charge is 0.296 e. The van der Waals surface area contributed by atoms with Crippen molar-refractivity contribution in [3.63, 3.8) is 0 Å². The van der Waals surface area contributed by atoms with E-state index in [0.29, 0.717) is 0 Å². The normalized spacial score (nSPS) is 9.74. The Morgan fingerprint density at radius 3 is 1.06 bits per heavy atom. The molecule has 0 aliphatic heterocycles. The fourth-order valence-corrected chi connectivity index (χ4v) is 6.45. The minimum absolute atomic E-state index is 0. The third-order valence-corrected chi connectivity index (χ3v) is 8.83. The summed E-state index contributed by atoms with van der Waals surface area (Å²) in [6, 6.07) is 36.5. The van der Waals surface area contributed by atoms with Gasteiger partial charge in [0.15, 0.2) is 0 Å². The molecule has 0 radical (unpaired) electrons. The Morgan fingerprint density at radius 1 is 0.516 bits per heavy atom. The van der Waals surface area contributed by atoms with Crippen LogP contribution in [0.15, 0.2) is 115 Å². The monoisotopic (exact) mass is 480 g/mol. The molecule has 4 aromatic rings. The molecule has 0 aliphatic carbocycles. The minimum Gasteiger partial charge on any atom is -0.296 e. The largest absolute Gasteiger partial charge is 0.339 e. The maximum Gasteiger partial charge on any atom is 0.339 e. The summed E-state index contributed by atoms with van der Waals surface area (Å²) in [5, 5.41) is 4.58. The fraction of sp³-hybridized carbons (Fsp3) is 0. The van der Waals surface area contributed by atoms with Gasteiger partial charge >= 0.3 is 8.41 Å². The zero-order valence-corrected chi connectivity index (χ0v) is 20.7. The molecule has 0 saturated heterocycles. The molecule has 164 valence electrons. The summed E-state index contributed by atoms with van der Waals surface area (Å²) in [5.74, 6) is 0. The number of hydrogen-bond acceptors (Lipinski definition) is 0. The topological polar surface area (TPSA) is 0 Å². The zero-order chi connectivity index (χ0) is 19.8. The van der Waals surface area contributed by atoms with Gasteiger partial charge < -0.3 is 0 Å². The molecule has 0 bridgehead atoms. The van der Waals surface area contributed by atoms with Crippen molar-refractivity contribution in [2.24, 2.45) is 0 Å². The van der Waals surface area contributed by atoms with Crippen molar-refractivity contribution in [2.45, 2.75) is 0 Å². The first-order valence-electron chi connectivity index (χ1n) is 9.18. The fourth-order valence-electron chi connectivity index (χ4n) is 3.04. The molecule has 0 amide bonds. The van der Waals surface area contributed by atoms with Gasteiger partial charge in [-0.3, -0.25) is 18.2 Å². The van der Waals surface area contributed by atoms with Crippen LogP contribution in [0.25, 0.3) is 0 Å². The zero-order valence-electron chi connectivity index (χ0n) is 17.0. The summed E-state index contributed by atoms with van der Waals surface area (Å²) in [5.41, 5.74) is 0. The number of rotatable bonds is 3. The van der Waals surface area contributed by atoms with Gasteiger partial charge in [-0.2, -0.15) is 0 Å². The minimum atomic E-state index is -3.38. The average molecular weight is 481 g/mol. The summed E-state index contributed by atoms with van der Waals surface area (Å²) < 4.78 is 16.1. The predicted molar refractivity (Wildman–Crippen MR) is 134 cm³/mol. The van der Waals surface area contributed by atoms with Crippen molar-refractivity contribution in [3.8, 4) is 0 Å². The summed E-state index contributed by atoms with van der Waals surface area (Å²) in [6.07, 6.45) is 0. The third-order valence-electron chi connectivity index (χ3n) is 4.53. The van der Waals surface area contributed by atoms with Crippen LogP contribution in [0.4, 0.5) is 18.2 Å². The van der Waals surface area contributed by atoms with Gasteiger partial charge in [-0.25, -0.2) is 0 Å². The Morgan fingerprint density at radius 2 is 0.806 bits per heavy atom. The highest BCUT2D eigenvalue weighted by Crippen LogP contribution is 2.08. The molecule has 0 atom stereocenters. The van der Waals surface area contributed by atoms with Gasteiger partial charge in [0.2, 0.25) is 0 Å². The molecule has 0 aromatic heterocycles. The van der Waals surface area contributed by atoms with Crippen LogP contribution < -0.4 is 20.7 Å². The molecular formula is C24H25ClF4Si2. The maximum absolute atomic E-state index is 16.1. The Kier molecular flexibility index (Phi) is 12.4. The highest BCUT2D eigenvalue weighted by Gasteiger charge is 2.40. The van der Waals surface area contributed by atoms with Crippen molar-refractivity contribution in [2.75, 3.05) is 0 Å². The second kappa shape index (κ2) is 13.6. The molecular weight excluding hydrogens is 456 g/mol. The molecule has 4 aromatic carbocycles. The summed E-state index contributed by atoms with van der Waals surface area (Å²) >= 11 is 5.63. The van der Waals surface area contributed by atoms with E-state index in [9.17, 15) is 0 Å². The van der Waals surface area contributed by atoms with Gasteiger partial charge in [0.05, 0.1) is 0 Å². The quantitative estimate of drug-likeness (QED) is 0.182. The first kappa shape index (κ1) is 28.3. The summed E-state index contributed by atoms with van der Waals surface area (Å²) in [4.78, 5) is 0. The second-order valence-corrected chi connectivity index (χ2v) is 11.2. The van der Waals surface area contributed by atoms with Gasteiger partial charge in [0.1, 0.15) is 0 Å². The van der Waals surface area contributed by atoms with E-state index in [1.807, 2.05) is 103 Å². The lowest BCUT2D eigenvalue weighted by Gasteiger charge is -2.24. The van der Waals surface area contributed by atoms with Gasteiger partial charge in [-0.15, -0.1) is 0 Å². The lowest BCUT2D eigenvalue weighted by Crippen LogP contribution is -2.63. The van der Waals surface area contributed by atoms with Crippen molar-refractivity contribution in [1.29, 1.82) is 0 Å². The van der Waals surface area contributed by atoms with Crippen LogP contribution in [0.3, 0.4) is 0 Å². The number of hydrogen-bond donors (Lipinski definition) is 0. The molecule has 0 unspecified atom stereocenters. The molecule has 0 spiro atoms. The van der Waals surface area contributed by atoms with Crippen LogP contribution in [0, 0.1) is 0 Å². The SMILES string of the molecule is F.F.F.F[Si](c1ccccc1)(c1ccccc1)c1ccccc1.[SiH3]c1ccc(Cl)cc1. The van der Waals surface area contributed by atoms with Crippen LogP contribution in [0.5, 0.6) is 0 Å². The average Bonchev–Trinajstić information content (AvgIpc) is 2.77. The highest BCUT2D eigenvalue weighted by molar-refractivity contribution is 7.06. The van der Waals surface area contributed by atoms with Gasteiger partial charge in [-0.1, -0.05) is 120 Å². The number of benzene rings is 4. The Labute approximate surface area is 189 Å². The van der Waals surface area contributed by atoms with E-state index in [-0.39, 0.29) is 14.1 Å². The molecule has 31 heavy (non-hydrogen) atoms. The summed E-state index contributed by atoms with van der Waals surface area (Å²) in [7, 11) is -2.26. The van der Waals surface area contributed by atoms with Gasteiger partial charge in [0.25, 0.3) is 0 Å². The van der Waals surface area contributed by atoms with Gasteiger partial charge in [0, 0.05) is 15.3 Å². The lowest BCUT2D eigenvalue weighted by molar-refractivity contribution is 0.842. The Bertz CT molecular complexity index is 869. The molecule has 0 aliphatic rings. The van der Waals surface area contributed by atoms with E-state index < -0.39 is 8.41 Å². The second-order valence-electron chi connectivity index (χ2n) is 6.55. The van der Waals surface area contributed by atoms with E-state index in [2.05, 4.69) is 12.1 Å². The molecule has 0 heterocycles. The van der Waals surface area contributed by atoms with Crippen molar-refractivity contribution < 1.29 is 18.2 Å². The van der Waals surface area contributed by atoms with Crippen LogP contribution in [0.2, 0.25) is 5.02 Å². The molecule has 0 N–H and O–H groups in total. The van der Waals surface area contributed by atoms with Crippen molar-refractivity contribution >= 4 is 51.0 Å². The first-order valence-corrected chi connectivity index (χ1v) is 12.4. The Hall–Kier alpha value is -2.68. The first-order chi connectivity index (χ1) is 13.6. The Balaban J connectivity index is 0.000000704. The molecule has 0 nitrogen and oxygen atoms in total. The van der Waals surface area contributed by atoms with Crippen LogP contribution in [0.1, 0.15) is 0 Å². The standard InChI is InChI=1S/C18H15FSi.C6H7ClSi.3FH/c19-20(16-10-4-1-5-11-16,17-12-6-2-7-13-17)18-14-8-3-9-15-18;7-5-1-3-6(8)4-2-5;;;/h1-15H;1-4H,8H3;3*1H.